The first-order valence-corrected chi connectivity index (χ1v) is 7.32. The second-order valence-corrected chi connectivity index (χ2v) is 5.04. The lowest BCUT2D eigenvalue weighted by Crippen LogP contribution is -2.06. The second kappa shape index (κ2) is 8.15. The van der Waals surface area contributed by atoms with Gasteiger partial charge < -0.3 is 14.6 Å². The molecule has 0 atom stereocenters. The molecule has 0 saturated carbocycles. The first-order chi connectivity index (χ1) is 11.2. The fourth-order valence-corrected chi connectivity index (χ4v) is 2.23. The van der Waals surface area contributed by atoms with Crippen molar-refractivity contribution in [3.05, 3.63) is 71.3 Å². The number of aliphatic hydroxyl groups excluding tert-OH is 1. The SMILES string of the molecule is COC(=O)/C(=C/CO)c1cc(OCc2ccccc2)ccc1C. The summed E-state index contributed by atoms with van der Waals surface area (Å²) in [6.45, 7) is 2.10. The fourth-order valence-electron chi connectivity index (χ4n) is 2.23. The summed E-state index contributed by atoms with van der Waals surface area (Å²) in [7, 11) is 1.32. The fraction of sp³-hybridized carbons (Fsp3) is 0.211. The van der Waals surface area contributed by atoms with Crippen LogP contribution >= 0.6 is 0 Å². The number of carbonyl (C=O) groups excluding carboxylic acids is 1. The van der Waals surface area contributed by atoms with Crippen molar-refractivity contribution in [2.75, 3.05) is 13.7 Å². The Hall–Kier alpha value is -2.59. The Bertz CT molecular complexity index is 690. The summed E-state index contributed by atoms with van der Waals surface area (Å²) in [5, 5.41) is 9.14. The van der Waals surface area contributed by atoms with Gasteiger partial charge in [-0.05, 0) is 41.8 Å². The molecule has 0 spiro atoms. The van der Waals surface area contributed by atoms with E-state index in [0.29, 0.717) is 23.5 Å². The van der Waals surface area contributed by atoms with E-state index in [2.05, 4.69) is 0 Å². The third-order valence-corrected chi connectivity index (χ3v) is 3.45. The van der Waals surface area contributed by atoms with Crippen molar-refractivity contribution < 1.29 is 19.4 Å². The number of hydrogen-bond acceptors (Lipinski definition) is 4. The van der Waals surface area contributed by atoms with Crippen molar-refractivity contribution in [2.24, 2.45) is 0 Å². The predicted molar refractivity (Wildman–Crippen MR) is 89.0 cm³/mol. The average Bonchev–Trinajstić information content (AvgIpc) is 2.59. The number of methoxy groups -OCH3 is 1. The van der Waals surface area contributed by atoms with E-state index in [0.717, 1.165) is 11.1 Å². The van der Waals surface area contributed by atoms with Crippen LogP contribution in [0.25, 0.3) is 5.57 Å². The maximum Gasteiger partial charge on any atom is 0.338 e. The maximum absolute atomic E-state index is 11.9. The number of rotatable bonds is 6. The lowest BCUT2D eigenvalue weighted by Gasteiger charge is -2.12. The number of esters is 1. The Morgan fingerprint density at radius 2 is 1.91 bits per heavy atom. The van der Waals surface area contributed by atoms with Gasteiger partial charge in [-0.3, -0.25) is 0 Å². The molecule has 0 radical (unpaired) electrons. The van der Waals surface area contributed by atoms with Crippen LogP contribution in [0.1, 0.15) is 16.7 Å². The normalized spacial score (nSPS) is 11.2. The standard InChI is InChI=1S/C19H20O4/c1-14-8-9-16(23-13-15-6-4-3-5-7-15)12-18(14)17(10-11-20)19(21)22-2/h3-10,12,20H,11,13H2,1-2H3/b17-10+. The minimum atomic E-state index is -0.484. The van der Waals surface area contributed by atoms with E-state index in [4.69, 9.17) is 14.6 Å². The van der Waals surface area contributed by atoms with Crippen molar-refractivity contribution in [2.45, 2.75) is 13.5 Å². The molecule has 0 unspecified atom stereocenters. The van der Waals surface area contributed by atoms with Crippen LogP contribution in [-0.2, 0) is 16.1 Å². The molecular formula is C19H20O4. The quantitative estimate of drug-likeness (QED) is 0.658. The van der Waals surface area contributed by atoms with Gasteiger partial charge in [-0.2, -0.15) is 0 Å². The number of ether oxygens (including phenoxy) is 2. The summed E-state index contributed by atoms with van der Waals surface area (Å²) in [5.74, 6) is 0.171. The van der Waals surface area contributed by atoms with Gasteiger partial charge in [0.25, 0.3) is 0 Å². The highest BCUT2D eigenvalue weighted by molar-refractivity contribution is 6.16. The van der Waals surface area contributed by atoms with E-state index >= 15 is 0 Å². The molecule has 0 heterocycles. The molecule has 2 aromatic carbocycles. The average molecular weight is 312 g/mol. The Morgan fingerprint density at radius 1 is 1.17 bits per heavy atom. The molecule has 120 valence electrons. The lowest BCUT2D eigenvalue weighted by molar-refractivity contribution is -0.133. The van der Waals surface area contributed by atoms with Gasteiger partial charge in [0.1, 0.15) is 12.4 Å². The van der Waals surface area contributed by atoms with Crippen LogP contribution in [-0.4, -0.2) is 24.8 Å². The van der Waals surface area contributed by atoms with Crippen LogP contribution in [0.4, 0.5) is 0 Å². The first-order valence-electron chi connectivity index (χ1n) is 7.32. The molecule has 1 N–H and O–H groups in total. The monoisotopic (exact) mass is 312 g/mol. The summed E-state index contributed by atoms with van der Waals surface area (Å²) in [4.78, 5) is 11.9. The van der Waals surface area contributed by atoms with Crippen LogP contribution in [0.15, 0.2) is 54.6 Å². The van der Waals surface area contributed by atoms with Crippen LogP contribution in [0.3, 0.4) is 0 Å². The smallest absolute Gasteiger partial charge is 0.338 e. The highest BCUT2D eigenvalue weighted by atomic mass is 16.5. The van der Waals surface area contributed by atoms with Crippen molar-refractivity contribution in [3.8, 4) is 5.75 Å². The van der Waals surface area contributed by atoms with Gasteiger partial charge in [-0.25, -0.2) is 4.79 Å². The van der Waals surface area contributed by atoms with Gasteiger partial charge in [-0.15, -0.1) is 0 Å². The Balaban J connectivity index is 2.24. The summed E-state index contributed by atoms with van der Waals surface area (Å²) >= 11 is 0. The third kappa shape index (κ3) is 4.44. The highest BCUT2D eigenvalue weighted by Gasteiger charge is 2.15. The lowest BCUT2D eigenvalue weighted by atomic mass is 10.00. The molecule has 0 aliphatic heterocycles. The van der Waals surface area contributed by atoms with Gasteiger partial charge >= 0.3 is 5.97 Å². The highest BCUT2D eigenvalue weighted by Crippen LogP contribution is 2.25. The zero-order valence-electron chi connectivity index (χ0n) is 13.3. The van der Waals surface area contributed by atoms with Crippen molar-refractivity contribution in [1.82, 2.24) is 0 Å². The molecule has 0 aliphatic carbocycles. The summed E-state index contributed by atoms with van der Waals surface area (Å²) in [6, 6.07) is 15.4. The Labute approximate surface area is 136 Å². The zero-order valence-corrected chi connectivity index (χ0v) is 13.3. The number of hydrogen-bond donors (Lipinski definition) is 1. The van der Waals surface area contributed by atoms with Crippen LogP contribution in [0, 0.1) is 6.92 Å². The molecule has 0 fully saturated rings. The maximum atomic E-state index is 11.9. The van der Waals surface area contributed by atoms with Crippen LogP contribution < -0.4 is 4.74 Å². The minimum absolute atomic E-state index is 0.237. The number of aliphatic hydroxyl groups is 1. The zero-order chi connectivity index (χ0) is 16.7. The topological polar surface area (TPSA) is 55.8 Å². The molecule has 0 aromatic heterocycles. The van der Waals surface area contributed by atoms with Crippen molar-refractivity contribution in [3.63, 3.8) is 0 Å². The number of benzene rings is 2. The molecule has 2 rings (SSSR count). The van der Waals surface area contributed by atoms with E-state index < -0.39 is 5.97 Å². The molecule has 0 amide bonds. The van der Waals surface area contributed by atoms with Gasteiger partial charge in [0.05, 0.1) is 19.3 Å². The van der Waals surface area contributed by atoms with Gasteiger partial charge in [-0.1, -0.05) is 36.4 Å². The van der Waals surface area contributed by atoms with Gasteiger partial charge in [0.2, 0.25) is 0 Å². The van der Waals surface area contributed by atoms with Gasteiger partial charge in [0.15, 0.2) is 0 Å². The summed E-state index contributed by atoms with van der Waals surface area (Å²) < 4.78 is 10.6. The molecule has 0 saturated heterocycles. The number of carbonyl (C=O) groups is 1. The summed E-state index contributed by atoms with van der Waals surface area (Å²) in [5.41, 5.74) is 2.99. The van der Waals surface area contributed by atoms with E-state index in [1.807, 2.05) is 49.4 Å². The van der Waals surface area contributed by atoms with Crippen LogP contribution in [0.2, 0.25) is 0 Å². The Kier molecular flexibility index (Phi) is 5.94. The second-order valence-electron chi connectivity index (χ2n) is 5.04. The van der Waals surface area contributed by atoms with Crippen LogP contribution in [0.5, 0.6) is 5.75 Å². The van der Waals surface area contributed by atoms with E-state index in [1.54, 1.807) is 6.07 Å². The molecule has 4 heteroatoms. The molecule has 0 bridgehead atoms. The molecule has 2 aromatic rings. The molecule has 4 nitrogen and oxygen atoms in total. The minimum Gasteiger partial charge on any atom is -0.489 e. The van der Waals surface area contributed by atoms with Crippen molar-refractivity contribution in [1.29, 1.82) is 0 Å². The molecule has 0 aliphatic rings. The van der Waals surface area contributed by atoms with Gasteiger partial charge in [0, 0.05) is 0 Å². The third-order valence-electron chi connectivity index (χ3n) is 3.45. The predicted octanol–water partition coefficient (Wildman–Crippen LogP) is 3.12. The van der Waals surface area contributed by atoms with E-state index in [-0.39, 0.29) is 6.61 Å². The summed E-state index contributed by atoms with van der Waals surface area (Å²) in [6.07, 6.45) is 1.44. The van der Waals surface area contributed by atoms with Crippen molar-refractivity contribution >= 4 is 11.5 Å². The van der Waals surface area contributed by atoms with E-state index in [1.165, 1.54) is 13.2 Å². The number of aryl methyl sites for hydroxylation is 1. The Morgan fingerprint density at radius 3 is 2.57 bits per heavy atom. The first kappa shape index (κ1) is 16.8. The van der Waals surface area contributed by atoms with E-state index in [9.17, 15) is 4.79 Å². The largest absolute Gasteiger partial charge is 0.489 e. The molecule has 23 heavy (non-hydrogen) atoms. The molecular weight excluding hydrogens is 292 g/mol.